The summed E-state index contributed by atoms with van der Waals surface area (Å²) in [5, 5.41) is 12.3. The zero-order valence-electron chi connectivity index (χ0n) is 8.74. The molecule has 84 valence electrons. The summed E-state index contributed by atoms with van der Waals surface area (Å²) in [7, 11) is 0. The molecular formula is C11H17NO2S. The van der Waals surface area contributed by atoms with Crippen LogP contribution in [0.15, 0.2) is 16.5 Å². The standard InChI is InChI=1S/C11H17NO2S/c13-7-11-4-3-10(14-11)6-12-9-2-1-5-15-8-9/h3-4,9,12-13H,1-2,5-8H2. The third-order valence-electron chi connectivity index (χ3n) is 2.60. The number of thioether (sulfide) groups is 1. The third-order valence-corrected chi connectivity index (χ3v) is 3.81. The van der Waals surface area contributed by atoms with Crippen LogP contribution in [-0.4, -0.2) is 22.7 Å². The molecule has 1 unspecified atom stereocenters. The van der Waals surface area contributed by atoms with Gasteiger partial charge in [0.2, 0.25) is 0 Å². The quantitative estimate of drug-likeness (QED) is 0.822. The Hall–Kier alpha value is -0.450. The highest BCUT2D eigenvalue weighted by atomic mass is 32.2. The molecule has 1 aromatic rings. The van der Waals surface area contributed by atoms with Crippen LogP contribution in [0.25, 0.3) is 0 Å². The van der Waals surface area contributed by atoms with Crippen LogP contribution in [0.3, 0.4) is 0 Å². The Morgan fingerprint density at radius 2 is 2.33 bits per heavy atom. The van der Waals surface area contributed by atoms with Gasteiger partial charge in [-0.15, -0.1) is 0 Å². The Bertz CT molecular complexity index is 295. The molecule has 1 atom stereocenters. The normalized spacial score (nSPS) is 21.8. The molecule has 0 radical (unpaired) electrons. The Morgan fingerprint density at radius 1 is 1.47 bits per heavy atom. The van der Waals surface area contributed by atoms with E-state index in [9.17, 15) is 0 Å². The first-order valence-electron chi connectivity index (χ1n) is 5.38. The van der Waals surface area contributed by atoms with Gasteiger partial charge in [-0.05, 0) is 30.7 Å². The summed E-state index contributed by atoms with van der Waals surface area (Å²) < 4.78 is 5.40. The molecule has 0 aromatic carbocycles. The van der Waals surface area contributed by atoms with E-state index in [1.54, 1.807) is 0 Å². The van der Waals surface area contributed by atoms with Gasteiger partial charge in [0.25, 0.3) is 0 Å². The highest BCUT2D eigenvalue weighted by Gasteiger charge is 2.13. The van der Waals surface area contributed by atoms with Gasteiger partial charge in [-0.3, -0.25) is 0 Å². The van der Waals surface area contributed by atoms with E-state index >= 15 is 0 Å². The highest BCUT2D eigenvalue weighted by molar-refractivity contribution is 7.99. The van der Waals surface area contributed by atoms with E-state index in [-0.39, 0.29) is 6.61 Å². The summed E-state index contributed by atoms with van der Waals surface area (Å²) in [4.78, 5) is 0. The molecule has 2 heterocycles. The minimum atomic E-state index is -0.0146. The molecule has 1 fully saturated rings. The molecule has 1 aromatic heterocycles. The average Bonchev–Trinajstić information content (AvgIpc) is 2.76. The lowest BCUT2D eigenvalue weighted by Gasteiger charge is -2.21. The largest absolute Gasteiger partial charge is 0.462 e. The third kappa shape index (κ3) is 3.26. The Kier molecular flexibility index (Phi) is 4.11. The molecule has 0 amide bonds. The fourth-order valence-electron chi connectivity index (χ4n) is 1.75. The van der Waals surface area contributed by atoms with Gasteiger partial charge >= 0.3 is 0 Å². The van der Waals surface area contributed by atoms with Gasteiger partial charge < -0.3 is 14.8 Å². The molecule has 1 aliphatic heterocycles. The van der Waals surface area contributed by atoms with E-state index in [1.807, 2.05) is 23.9 Å². The minimum Gasteiger partial charge on any atom is -0.462 e. The second-order valence-corrected chi connectivity index (χ2v) is 4.97. The van der Waals surface area contributed by atoms with Gasteiger partial charge in [0.1, 0.15) is 18.1 Å². The first kappa shape index (κ1) is 11.0. The molecule has 15 heavy (non-hydrogen) atoms. The second-order valence-electron chi connectivity index (χ2n) is 3.82. The van der Waals surface area contributed by atoms with Crippen molar-refractivity contribution in [2.75, 3.05) is 11.5 Å². The van der Waals surface area contributed by atoms with E-state index in [1.165, 1.54) is 24.3 Å². The van der Waals surface area contributed by atoms with Crippen LogP contribution in [-0.2, 0) is 13.2 Å². The summed E-state index contributed by atoms with van der Waals surface area (Å²) in [5.74, 6) is 4.06. The minimum absolute atomic E-state index is 0.0146. The molecule has 0 bridgehead atoms. The Labute approximate surface area is 94.2 Å². The molecule has 2 rings (SSSR count). The summed E-state index contributed by atoms with van der Waals surface area (Å²) in [6.45, 7) is 0.754. The van der Waals surface area contributed by atoms with Crippen LogP contribution in [0.1, 0.15) is 24.4 Å². The van der Waals surface area contributed by atoms with E-state index in [0.29, 0.717) is 11.8 Å². The molecule has 3 nitrogen and oxygen atoms in total. The van der Waals surface area contributed by atoms with Crippen LogP contribution >= 0.6 is 11.8 Å². The van der Waals surface area contributed by atoms with Crippen LogP contribution in [0.5, 0.6) is 0 Å². The second kappa shape index (κ2) is 5.58. The van der Waals surface area contributed by atoms with Gasteiger partial charge in [-0.1, -0.05) is 0 Å². The predicted octanol–water partition coefficient (Wildman–Crippen LogP) is 1.76. The number of aliphatic hydroxyl groups excluding tert-OH is 1. The van der Waals surface area contributed by atoms with Crippen molar-refractivity contribution in [1.29, 1.82) is 0 Å². The molecule has 0 saturated carbocycles. The van der Waals surface area contributed by atoms with Crippen LogP contribution in [0.2, 0.25) is 0 Å². The molecule has 1 saturated heterocycles. The summed E-state index contributed by atoms with van der Waals surface area (Å²) >= 11 is 2.01. The van der Waals surface area contributed by atoms with E-state index in [0.717, 1.165) is 12.3 Å². The SMILES string of the molecule is OCc1ccc(CNC2CCCSC2)o1. The number of nitrogens with one attached hydrogen (secondary N) is 1. The fraction of sp³-hybridized carbons (Fsp3) is 0.636. The maximum atomic E-state index is 8.85. The monoisotopic (exact) mass is 227 g/mol. The smallest absolute Gasteiger partial charge is 0.129 e. The van der Waals surface area contributed by atoms with E-state index in [2.05, 4.69) is 5.32 Å². The average molecular weight is 227 g/mol. The lowest BCUT2D eigenvalue weighted by Crippen LogP contribution is -2.33. The number of furan rings is 1. The first-order chi connectivity index (χ1) is 7.38. The van der Waals surface area contributed by atoms with Crippen LogP contribution < -0.4 is 5.32 Å². The van der Waals surface area contributed by atoms with Crippen LogP contribution in [0.4, 0.5) is 0 Å². The van der Waals surface area contributed by atoms with Crippen LogP contribution in [0, 0.1) is 0 Å². The highest BCUT2D eigenvalue weighted by Crippen LogP contribution is 2.17. The fourth-order valence-corrected chi connectivity index (χ4v) is 2.86. The number of hydrogen-bond donors (Lipinski definition) is 2. The number of hydrogen-bond acceptors (Lipinski definition) is 4. The topological polar surface area (TPSA) is 45.4 Å². The summed E-state index contributed by atoms with van der Waals surface area (Å²) in [5.41, 5.74) is 0. The lowest BCUT2D eigenvalue weighted by molar-refractivity contribution is 0.242. The molecule has 4 heteroatoms. The molecule has 0 spiro atoms. The maximum absolute atomic E-state index is 8.85. The van der Waals surface area contributed by atoms with Crippen molar-refractivity contribution in [3.8, 4) is 0 Å². The van der Waals surface area contributed by atoms with Gasteiger partial charge in [0.15, 0.2) is 0 Å². The maximum Gasteiger partial charge on any atom is 0.129 e. The van der Waals surface area contributed by atoms with Crippen molar-refractivity contribution in [3.63, 3.8) is 0 Å². The molecule has 2 N–H and O–H groups in total. The number of aliphatic hydroxyl groups is 1. The van der Waals surface area contributed by atoms with Gasteiger partial charge in [0.05, 0.1) is 6.54 Å². The molecular weight excluding hydrogens is 210 g/mol. The van der Waals surface area contributed by atoms with Gasteiger partial charge in [-0.2, -0.15) is 11.8 Å². The zero-order valence-corrected chi connectivity index (χ0v) is 9.55. The first-order valence-corrected chi connectivity index (χ1v) is 6.53. The predicted molar refractivity (Wildman–Crippen MR) is 61.8 cm³/mol. The van der Waals surface area contributed by atoms with E-state index < -0.39 is 0 Å². The lowest BCUT2D eigenvalue weighted by atomic mass is 10.2. The van der Waals surface area contributed by atoms with Crippen molar-refractivity contribution in [3.05, 3.63) is 23.7 Å². The summed E-state index contributed by atoms with van der Waals surface area (Å²) in [6, 6.07) is 4.37. The Morgan fingerprint density at radius 3 is 3.00 bits per heavy atom. The summed E-state index contributed by atoms with van der Waals surface area (Å²) in [6.07, 6.45) is 2.57. The molecule has 0 aliphatic carbocycles. The zero-order chi connectivity index (χ0) is 10.5. The van der Waals surface area contributed by atoms with Gasteiger partial charge in [0, 0.05) is 11.8 Å². The van der Waals surface area contributed by atoms with Crippen molar-refractivity contribution < 1.29 is 9.52 Å². The number of rotatable bonds is 4. The van der Waals surface area contributed by atoms with E-state index in [4.69, 9.17) is 9.52 Å². The molecule has 1 aliphatic rings. The van der Waals surface area contributed by atoms with Gasteiger partial charge in [-0.25, -0.2) is 0 Å². The Balaban J connectivity index is 1.76. The van der Waals surface area contributed by atoms with Crippen molar-refractivity contribution in [1.82, 2.24) is 5.32 Å². The van der Waals surface area contributed by atoms with Crippen molar-refractivity contribution in [2.24, 2.45) is 0 Å². The van der Waals surface area contributed by atoms with Crippen molar-refractivity contribution >= 4 is 11.8 Å². The van der Waals surface area contributed by atoms with Crippen molar-refractivity contribution in [2.45, 2.75) is 32.0 Å².